The van der Waals surface area contributed by atoms with Crippen molar-refractivity contribution in [1.29, 1.82) is 0 Å². The number of aromatic amines is 1. The summed E-state index contributed by atoms with van der Waals surface area (Å²) in [5.74, 6) is 4.13. The summed E-state index contributed by atoms with van der Waals surface area (Å²) in [7, 11) is 0. The van der Waals surface area contributed by atoms with E-state index in [-0.39, 0.29) is 0 Å². The Labute approximate surface area is 82.2 Å². The van der Waals surface area contributed by atoms with Crippen LogP contribution in [0.3, 0.4) is 0 Å². The molecule has 1 N–H and O–H groups in total. The zero-order valence-corrected chi connectivity index (χ0v) is 8.40. The molecule has 0 atom stereocenters. The molecule has 1 rings (SSSR count). The van der Waals surface area contributed by atoms with Crippen molar-refractivity contribution >= 4 is 11.8 Å². The molecular weight excluding hydrogens is 182 g/mol. The van der Waals surface area contributed by atoms with Crippen LogP contribution in [0.5, 0.6) is 0 Å². The molecule has 0 saturated carbocycles. The van der Waals surface area contributed by atoms with E-state index >= 15 is 0 Å². The predicted octanol–water partition coefficient (Wildman–Crippen LogP) is 0.917. The highest BCUT2D eigenvalue weighted by molar-refractivity contribution is 7.99. The molecular formula is C9H12N3S+. The highest BCUT2D eigenvalue weighted by Crippen LogP contribution is 2.09. The van der Waals surface area contributed by atoms with Gasteiger partial charge in [-0.2, -0.15) is 9.78 Å². The first-order valence-corrected chi connectivity index (χ1v) is 4.90. The number of rotatable bonds is 4. The van der Waals surface area contributed by atoms with Crippen LogP contribution in [-0.2, 0) is 6.54 Å². The smallest absolute Gasteiger partial charge is 0.181 e. The first kappa shape index (κ1) is 9.87. The number of hydrogen-bond acceptors (Lipinski definition) is 2. The molecule has 0 aliphatic rings. The zero-order valence-electron chi connectivity index (χ0n) is 7.58. The zero-order chi connectivity index (χ0) is 9.68. The topological polar surface area (TPSA) is 32.6 Å². The van der Waals surface area contributed by atoms with E-state index in [9.17, 15) is 0 Å². The molecule has 1 aromatic heterocycles. The fourth-order valence-corrected chi connectivity index (χ4v) is 1.50. The highest BCUT2D eigenvalue weighted by Gasteiger charge is 2.13. The second kappa shape index (κ2) is 4.73. The largest absolute Gasteiger partial charge is 0.317 e. The van der Waals surface area contributed by atoms with Crippen LogP contribution in [0, 0.1) is 19.3 Å². The molecule has 13 heavy (non-hydrogen) atoms. The van der Waals surface area contributed by atoms with Gasteiger partial charge in [-0.3, -0.25) is 0 Å². The van der Waals surface area contributed by atoms with E-state index < -0.39 is 0 Å². The lowest BCUT2D eigenvalue weighted by molar-refractivity contribution is -0.749. The van der Waals surface area contributed by atoms with E-state index in [0.29, 0.717) is 5.75 Å². The summed E-state index contributed by atoms with van der Waals surface area (Å²) in [6, 6.07) is 0. The third-order valence-corrected chi connectivity index (χ3v) is 2.26. The van der Waals surface area contributed by atoms with Gasteiger partial charge in [-0.1, -0.05) is 12.5 Å². The molecule has 0 amide bonds. The number of nitrogens with one attached hydrogen (secondary N) is 1. The van der Waals surface area contributed by atoms with Crippen LogP contribution < -0.4 is 4.68 Å². The fourth-order valence-electron chi connectivity index (χ4n) is 0.910. The molecule has 0 radical (unpaired) electrons. The molecule has 0 saturated heterocycles. The van der Waals surface area contributed by atoms with Gasteiger partial charge < -0.3 is 0 Å². The van der Waals surface area contributed by atoms with E-state index in [4.69, 9.17) is 6.42 Å². The Bertz CT molecular complexity index is 335. The summed E-state index contributed by atoms with van der Waals surface area (Å²) >= 11 is 1.52. The van der Waals surface area contributed by atoms with Crippen LogP contribution in [0.2, 0.25) is 0 Å². The monoisotopic (exact) mass is 194 g/mol. The second-order valence-electron chi connectivity index (χ2n) is 2.47. The van der Waals surface area contributed by atoms with Crippen molar-refractivity contribution in [3.05, 3.63) is 18.5 Å². The molecule has 0 aliphatic carbocycles. The van der Waals surface area contributed by atoms with Crippen LogP contribution in [-0.4, -0.2) is 15.8 Å². The highest BCUT2D eigenvalue weighted by atomic mass is 32.2. The molecule has 0 fully saturated rings. The molecule has 1 heterocycles. The predicted molar refractivity (Wildman–Crippen MR) is 53.3 cm³/mol. The van der Waals surface area contributed by atoms with Gasteiger partial charge in [-0.05, 0) is 22.8 Å². The normalized spacial score (nSPS) is 9.54. The van der Waals surface area contributed by atoms with Crippen molar-refractivity contribution in [2.75, 3.05) is 5.75 Å². The Morgan fingerprint density at radius 3 is 3.23 bits per heavy atom. The minimum atomic E-state index is 0.640. The van der Waals surface area contributed by atoms with Crippen molar-refractivity contribution in [3.63, 3.8) is 0 Å². The lowest BCUT2D eigenvalue weighted by Crippen LogP contribution is -2.37. The third-order valence-electron chi connectivity index (χ3n) is 1.49. The Kier molecular flexibility index (Phi) is 3.59. The number of nitrogens with zero attached hydrogens (tertiary/aromatic N) is 2. The lowest BCUT2D eigenvalue weighted by atomic mass is 10.6. The quantitative estimate of drug-likeness (QED) is 0.334. The molecule has 0 bridgehead atoms. The summed E-state index contributed by atoms with van der Waals surface area (Å²) < 4.78 is 1.92. The number of hydrogen-bond donors (Lipinski definition) is 1. The van der Waals surface area contributed by atoms with Gasteiger partial charge in [0.1, 0.15) is 6.54 Å². The standard InChI is InChI=1S/C9H11N3S/c1-4-6-12-8(3)10-9(11-12)13-7-5-2/h2,4H,1,6-7H2,3H3/p+1. The summed E-state index contributed by atoms with van der Waals surface area (Å²) in [6.45, 7) is 6.35. The van der Waals surface area contributed by atoms with Gasteiger partial charge in [0, 0.05) is 6.92 Å². The van der Waals surface area contributed by atoms with E-state index in [2.05, 4.69) is 22.6 Å². The molecule has 3 nitrogen and oxygen atoms in total. The summed E-state index contributed by atoms with van der Waals surface area (Å²) in [5, 5.41) is 3.98. The molecule has 0 unspecified atom stereocenters. The first-order valence-electron chi connectivity index (χ1n) is 3.91. The van der Waals surface area contributed by atoms with E-state index in [0.717, 1.165) is 17.5 Å². The fraction of sp³-hybridized carbons (Fsp3) is 0.333. The summed E-state index contributed by atoms with van der Waals surface area (Å²) in [5.41, 5.74) is 0. The van der Waals surface area contributed by atoms with E-state index in [1.54, 1.807) is 0 Å². The number of allylic oxidation sites excluding steroid dienone is 1. The van der Waals surface area contributed by atoms with Gasteiger partial charge in [-0.25, -0.2) is 0 Å². The van der Waals surface area contributed by atoms with Gasteiger partial charge in [0.15, 0.2) is 0 Å². The molecule has 0 aromatic carbocycles. The van der Waals surface area contributed by atoms with Gasteiger partial charge in [-0.15, -0.1) is 6.42 Å². The van der Waals surface area contributed by atoms with Crippen LogP contribution in [0.25, 0.3) is 0 Å². The minimum Gasteiger partial charge on any atom is -0.181 e. The minimum absolute atomic E-state index is 0.640. The second-order valence-corrected chi connectivity index (χ2v) is 3.43. The first-order chi connectivity index (χ1) is 6.27. The van der Waals surface area contributed by atoms with Crippen LogP contribution in [0.15, 0.2) is 17.8 Å². The summed E-state index contributed by atoms with van der Waals surface area (Å²) in [6.07, 6.45) is 6.96. The van der Waals surface area contributed by atoms with Crippen LogP contribution >= 0.6 is 11.8 Å². The Balaban J connectivity index is 2.71. The molecule has 0 aliphatic heterocycles. The van der Waals surface area contributed by atoms with E-state index in [1.165, 1.54) is 11.8 Å². The summed E-state index contributed by atoms with van der Waals surface area (Å²) in [4.78, 5) is 4.29. The van der Waals surface area contributed by atoms with Gasteiger partial charge in [0.25, 0.3) is 0 Å². The number of terminal acetylenes is 1. The third kappa shape index (κ3) is 2.63. The maximum absolute atomic E-state index is 5.14. The lowest BCUT2D eigenvalue weighted by Gasteiger charge is -1.87. The molecule has 68 valence electrons. The molecule has 4 heteroatoms. The van der Waals surface area contributed by atoms with Crippen molar-refractivity contribution in [3.8, 4) is 12.3 Å². The van der Waals surface area contributed by atoms with Crippen molar-refractivity contribution in [1.82, 2.24) is 10.1 Å². The van der Waals surface area contributed by atoms with Gasteiger partial charge in [0.05, 0.1) is 5.75 Å². The van der Waals surface area contributed by atoms with Crippen molar-refractivity contribution < 1.29 is 4.68 Å². The number of thioether (sulfide) groups is 1. The average molecular weight is 194 g/mol. The molecule has 0 spiro atoms. The van der Waals surface area contributed by atoms with E-state index in [1.807, 2.05) is 17.7 Å². The van der Waals surface area contributed by atoms with Crippen molar-refractivity contribution in [2.24, 2.45) is 0 Å². The van der Waals surface area contributed by atoms with Crippen molar-refractivity contribution in [2.45, 2.75) is 18.6 Å². The number of aryl methyl sites for hydroxylation is 1. The number of aromatic nitrogens is 3. The number of H-pyrrole nitrogens is 1. The Morgan fingerprint density at radius 1 is 1.85 bits per heavy atom. The van der Waals surface area contributed by atoms with Gasteiger partial charge >= 0.3 is 11.0 Å². The van der Waals surface area contributed by atoms with Crippen LogP contribution in [0.4, 0.5) is 0 Å². The SMILES string of the molecule is C#CCSc1nc(C)[n+](CC=C)[nH]1. The molecule has 1 aromatic rings. The van der Waals surface area contributed by atoms with Crippen LogP contribution in [0.1, 0.15) is 5.82 Å². The van der Waals surface area contributed by atoms with Gasteiger partial charge in [0.2, 0.25) is 0 Å². The Morgan fingerprint density at radius 2 is 2.62 bits per heavy atom. The average Bonchev–Trinajstić information content (AvgIpc) is 2.45. The maximum Gasteiger partial charge on any atom is 0.317 e. The Hall–Kier alpha value is -1.21. The maximum atomic E-state index is 5.14.